The van der Waals surface area contributed by atoms with Crippen molar-refractivity contribution in [3.63, 3.8) is 0 Å². The molecule has 10 heavy (non-hydrogen) atoms. The Morgan fingerprint density at radius 3 is 2.30 bits per heavy atom. The van der Waals surface area contributed by atoms with Gasteiger partial charge in [-0.1, -0.05) is 13.8 Å². The molecule has 4 heteroatoms. The van der Waals surface area contributed by atoms with Gasteiger partial charge in [-0.05, 0) is 12.8 Å². The van der Waals surface area contributed by atoms with Crippen LogP contribution in [0.1, 0.15) is 20.8 Å². The molecule has 0 heterocycles. The van der Waals surface area contributed by atoms with Crippen LogP contribution in [0.3, 0.4) is 0 Å². The van der Waals surface area contributed by atoms with E-state index in [0.717, 1.165) is 0 Å². The number of aliphatic imine (C=N–C) groups is 1. The van der Waals surface area contributed by atoms with Crippen molar-refractivity contribution in [2.24, 2.45) is 16.6 Å². The Hall–Kier alpha value is -0.770. The van der Waals surface area contributed by atoms with Gasteiger partial charge in [-0.25, -0.2) is 10.5 Å². The first-order valence-corrected chi connectivity index (χ1v) is 3.31. The minimum atomic E-state index is 0.0706. The van der Waals surface area contributed by atoms with Crippen molar-refractivity contribution in [2.45, 2.75) is 26.8 Å². The molecule has 0 saturated heterocycles. The standard InChI is InChI=1S/C6H15N3O/c1-4(2)5(3)8-6(7)9-10/h4-5,10H,1-3H3,(H3,7,8,9). The number of guanidine groups is 1. The Labute approximate surface area is 61.1 Å². The molecule has 0 rings (SSSR count). The van der Waals surface area contributed by atoms with Gasteiger partial charge in [0, 0.05) is 0 Å². The summed E-state index contributed by atoms with van der Waals surface area (Å²) in [4.78, 5) is 3.93. The number of nitrogens with zero attached hydrogens (tertiary/aromatic N) is 1. The number of hydrogen-bond donors (Lipinski definition) is 3. The third-order valence-electron chi connectivity index (χ3n) is 1.42. The van der Waals surface area contributed by atoms with Crippen LogP contribution in [0.5, 0.6) is 0 Å². The zero-order valence-corrected chi connectivity index (χ0v) is 6.63. The van der Waals surface area contributed by atoms with Gasteiger partial charge >= 0.3 is 0 Å². The molecule has 4 nitrogen and oxygen atoms in total. The second-order valence-electron chi connectivity index (χ2n) is 2.61. The maximum atomic E-state index is 8.26. The lowest BCUT2D eigenvalue weighted by molar-refractivity contribution is 0.231. The van der Waals surface area contributed by atoms with Crippen LogP contribution in [0.15, 0.2) is 4.99 Å². The van der Waals surface area contributed by atoms with Gasteiger partial charge < -0.3 is 5.73 Å². The Morgan fingerprint density at radius 1 is 1.50 bits per heavy atom. The van der Waals surface area contributed by atoms with E-state index in [9.17, 15) is 0 Å². The summed E-state index contributed by atoms with van der Waals surface area (Å²) in [5.41, 5.74) is 6.98. The van der Waals surface area contributed by atoms with Gasteiger partial charge in [-0.15, -0.1) is 0 Å². The van der Waals surface area contributed by atoms with Gasteiger partial charge in [0.25, 0.3) is 0 Å². The highest BCUT2D eigenvalue weighted by molar-refractivity contribution is 5.76. The van der Waals surface area contributed by atoms with Crippen LogP contribution in [0.2, 0.25) is 0 Å². The molecular formula is C6H15N3O. The van der Waals surface area contributed by atoms with E-state index >= 15 is 0 Å². The monoisotopic (exact) mass is 145 g/mol. The van der Waals surface area contributed by atoms with Crippen molar-refractivity contribution >= 4 is 5.96 Å². The molecule has 0 aliphatic rings. The van der Waals surface area contributed by atoms with Crippen molar-refractivity contribution in [3.8, 4) is 0 Å². The zero-order valence-electron chi connectivity index (χ0n) is 6.63. The van der Waals surface area contributed by atoms with E-state index in [4.69, 9.17) is 10.9 Å². The summed E-state index contributed by atoms with van der Waals surface area (Å²) >= 11 is 0. The van der Waals surface area contributed by atoms with Gasteiger partial charge in [0.2, 0.25) is 5.96 Å². The van der Waals surface area contributed by atoms with Crippen LogP contribution in [0.4, 0.5) is 0 Å². The van der Waals surface area contributed by atoms with E-state index < -0.39 is 0 Å². The number of hydrogen-bond acceptors (Lipinski definition) is 2. The van der Waals surface area contributed by atoms with Crippen molar-refractivity contribution < 1.29 is 5.21 Å². The summed E-state index contributed by atoms with van der Waals surface area (Å²) < 4.78 is 0. The highest BCUT2D eigenvalue weighted by Gasteiger charge is 2.04. The predicted octanol–water partition coefficient (Wildman–Crippen LogP) is 0.324. The first-order valence-electron chi connectivity index (χ1n) is 3.31. The van der Waals surface area contributed by atoms with Crippen LogP contribution in [-0.2, 0) is 0 Å². The maximum absolute atomic E-state index is 8.26. The Morgan fingerprint density at radius 2 is 2.00 bits per heavy atom. The second-order valence-corrected chi connectivity index (χ2v) is 2.61. The lowest BCUT2D eigenvalue weighted by Crippen LogP contribution is -2.30. The molecule has 0 amide bonds. The quantitative estimate of drug-likeness (QED) is 0.298. The van der Waals surface area contributed by atoms with Crippen LogP contribution < -0.4 is 11.2 Å². The van der Waals surface area contributed by atoms with E-state index in [1.165, 1.54) is 0 Å². The van der Waals surface area contributed by atoms with Crippen molar-refractivity contribution in [1.82, 2.24) is 5.48 Å². The third-order valence-corrected chi connectivity index (χ3v) is 1.42. The molecule has 0 fully saturated rings. The Balaban J connectivity index is 3.86. The summed E-state index contributed by atoms with van der Waals surface area (Å²) in [6.07, 6.45) is 0. The summed E-state index contributed by atoms with van der Waals surface area (Å²) in [5, 5.41) is 8.26. The molecule has 0 aromatic heterocycles. The van der Waals surface area contributed by atoms with Crippen LogP contribution in [0, 0.1) is 5.92 Å². The molecule has 1 atom stereocenters. The van der Waals surface area contributed by atoms with Crippen LogP contribution in [0.25, 0.3) is 0 Å². The van der Waals surface area contributed by atoms with E-state index in [0.29, 0.717) is 5.92 Å². The molecule has 0 spiro atoms. The first-order chi connectivity index (χ1) is 4.57. The Kier molecular flexibility index (Phi) is 3.79. The SMILES string of the molecule is CC(C)C(C)N=C(N)NO. The molecule has 0 aromatic carbocycles. The maximum Gasteiger partial charge on any atom is 0.213 e. The summed E-state index contributed by atoms with van der Waals surface area (Å²) in [6.45, 7) is 6.02. The molecule has 60 valence electrons. The summed E-state index contributed by atoms with van der Waals surface area (Å²) in [7, 11) is 0. The predicted molar refractivity (Wildman–Crippen MR) is 40.8 cm³/mol. The Bertz CT molecular complexity index is 122. The van der Waals surface area contributed by atoms with E-state index in [-0.39, 0.29) is 12.0 Å². The van der Waals surface area contributed by atoms with Gasteiger partial charge in [-0.3, -0.25) is 5.21 Å². The van der Waals surface area contributed by atoms with Gasteiger partial charge in [0.05, 0.1) is 6.04 Å². The molecule has 0 aromatic rings. The number of nitrogens with one attached hydrogen (secondary N) is 1. The lowest BCUT2D eigenvalue weighted by Gasteiger charge is -2.10. The minimum absolute atomic E-state index is 0.0706. The highest BCUT2D eigenvalue weighted by Crippen LogP contribution is 2.03. The topological polar surface area (TPSA) is 70.6 Å². The average molecular weight is 145 g/mol. The normalized spacial score (nSPS) is 15.5. The lowest BCUT2D eigenvalue weighted by atomic mass is 10.1. The number of nitrogens with two attached hydrogens (primary N) is 1. The summed E-state index contributed by atoms with van der Waals surface area (Å²) in [5.74, 6) is 0.508. The molecule has 1 unspecified atom stereocenters. The van der Waals surface area contributed by atoms with Crippen molar-refractivity contribution in [1.29, 1.82) is 0 Å². The van der Waals surface area contributed by atoms with Gasteiger partial charge in [-0.2, -0.15) is 0 Å². The first kappa shape index (κ1) is 9.23. The second kappa shape index (κ2) is 4.11. The summed E-state index contributed by atoms with van der Waals surface area (Å²) in [6, 6.07) is 0.139. The third kappa shape index (κ3) is 3.29. The molecule has 0 aliphatic heterocycles. The smallest absolute Gasteiger partial charge is 0.213 e. The molecular weight excluding hydrogens is 130 g/mol. The molecule has 0 saturated carbocycles. The van der Waals surface area contributed by atoms with Crippen LogP contribution >= 0.6 is 0 Å². The van der Waals surface area contributed by atoms with E-state index in [2.05, 4.69) is 4.99 Å². The average Bonchev–Trinajstić information content (AvgIpc) is 1.87. The number of rotatable bonds is 2. The molecule has 4 N–H and O–H groups in total. The largest absolute Gasteiger partial charge is 0.368 e. The minimum Gasteiger partial charge on any atom is -0.368 e. The fraction of sp³-hybridized carbons (Fsp3) is 0.833. The molecule has 0 aliphatic carbocycles. The fourth-order valence-corrected chi connectivity index (χ4v) is 0.397. The zero-order chi connectivity index (χ0) is 8.15. The van der Waals surface area contributed by atoms with Crippen molar-refractivity contribution in [2.75, 3.05) is 0 Å². The van der Waals surface area contributed by atoms with Gasteiger partial charge in [0.15, 0.2) is 0 Å². The van der Waals surface area contributed by atoms with E-state index in [1.807, 2.05) is 20.8 Å². The van der Waals surface area contributed by atoms with Gasteiger partial charge in [0.1, 0.15) is 0 Å². The van der Waals surface area contributed by atoms with Crippen molar-refractivity contribution in [3.05, 3.63) is 0 Å². The van der Waals surface area contributed by atoms with Crippen LogP contribution in [-0.4, -0.2) is 17.2 Å². The molecule has 0 radical (unpaired) electrons. The highest BCUT2D eigenvalue weighted by atomic mass is 16.5. The van der Waals surface area contributed by atoms with E-state index in [1.54, 1.807) is 5.48 Å². The number of hydroxylamine groups is 1. The fourth-order valence-electron chi connectivity index (χ4n) is 0.397. The molecule has 0 bridgehead atoms.